The lowest BCUT2D eigenvalue weighted by Crippen LogP contribution is -2.47. The molecule has 0 aliphatic carbocycles. The molecule has 28 heavy (non-hydrogen) atoms. The van der Waals surface area contributed by atoms with Gasteiger partial charge in [-0.25, -0.2) is 13.8 Å². The van der Waals surface area contributed by atoms with Crippen molar-refractivity contribution in [3.05, 3.63) is 57.0 Å². The molecule has 150 valence electrons. The quantitative estimate of drug-likeness (QED) is 0.871. The lowest BCUT2D eigenvalue weighted by atomic mass is 10.1. The number of rotatable bonds is 3. The van der Waals surface area contributed by atoms with Gasteiger partial charge in [-0.1, -0.05) is 0 Å². The van der Waals surface area contributed by atoms with Crippen LogP contribution in [0.5, 0.6) is 0 Å². The second-order valence-corrected chi connectivity index (χ2v) is 7.67. The Labute approximate surface area is 162 Å². The highest BCUT2D eigenvalue weighted by Gasteiger charge is 2.27. The van der Waals surface area contributed by atoms with Gasteiger partial charge in [-0.2, -0.15) is 0 Å². The van der Waals surface area contributed by atoms with Gasteiger partial charge in [0.05, 0.1) is 17.9 Å². The van der Waals surface area contributed by atoms with E-state index in [4.69, 9.17) is 9.72 Å². The molecule has 0 saturated carbocycles. The number of halogens is 2. The molecule has 1 aromatic carbocycles. The van der Waals surface area contributed by atoms with Crippen LogP contribution in [0.1, 0.15) is 30.7 Å². The van der Waals surface area contributed by atoms with Gasteiger partial charge in [0.1, 0.15) is 11.6 Å². The SMILES string of the molecule is C[C@@H]1CN(c2nc3c(c(=O)[nH]2)CCN(Cc2cc(F)ccc2F)C3)C[C@H](C)O1. The Morgan fingerprint density at radius 2 is 2.00 bits per heavy atom. The van der Waals surface area contributed by atoms with Gasteiger partial charge in [-0.15, -0.1) is 0 Å². The molecule has 2 aliphatic heterocycles. The van der Waals surface area contributed by atoms with E-state index in [-0.39, 0.29) is 24.3 Å². The maximum absolute atomic E-state index is 14.0. The maximum Gasteiger partial charge on any atom is 0.255 e. The summed E-state index contributed by atoms with van der Waals surface area (Å²) in [7, 11) is 0. The van der Waals surface area contributed by atoms with Crippen LogP contribution in [0.25, 0.3) is 0 Å². The number of nitrogens with zero attached hydrogens (tertiary/aromatic N) is 3. The van der Waals surface area contributed by atoms with Crippen molar-refractivity contribution in [2.24, 2.45) is 0 Å². The van der Waals surface area contributed by atoms with Crippen LogP contribution in [0, 0.1) is 11.6 Å². The molecule has 2 atom stereocenters. The number of hydrogen-bond donors (Lipinski definition) is 1. The zero-order valence-corrected chi connectivity index (χ0v) is 16.0. The largest absolute Gasteiger partial charge is 0.372 e. The number of nitrogens with one attached hydrogen (secondary N) is 1. The van der Waals surface area contributed by atoms with Crippen LogP contribution in [0.15, 0.2) is 23.0 Å². The Bertz CT molecular complexity index is 923. The third kappa shape index (κ3) is 3.93. The highest BCUT2D eigenvalue weighted by Crippen LogP contribution is 2.21. The molecule has 6 nitrogen and oxygen atoms in total. The summed E-state index contributed by atoms with van der Waals surface area (Å²) in [5.41, 5.74) is 1.57. The predicted molar refractivity (Wildman–Crippen MR) is 101 cm³/mol. The van der Waals surface area contributed by atoms with E-state index in [2.05, 4.69) is 4.98 Å². The second-order valence-electron chi connectivity index (χ2n) is 7.67. The van der Waals surface area contributed by atoms with Gasteiger partial charge in [0.25, 0.3) is 5.56 Å². The number of benzene rings is 1. The summed E-state index contributed by atoms with van der Waals surface area (Å²) in [5.74, 6) is -0.339. The van der Waals surface area contributed by atoms with E-state index in [1.807, 2.05) is 23.6 Å². The molecule has 1 N–H and O–H groups in total. The van der Waals surface area contributed by atoms with E-state index in [9.17, 15) is 13.6 Å². The molecular formula is C20H24F2N4O2. The lowest BCUT2D eigenvalue weighted by molar-refractivity contribution is -0.00576. The Hall–Kier alpha value is -2.32. The fourth-order valence-electron chi connectivity index (χ4n) is 4.02. The van der Waals surface area contributed by atoms with Crippen LogP contribution in [0.4, 0.5) is 14.7 Å². The van der Waals surface area contributed by atoms with E-state index in [1.165, 1.54) is 6.07 Å². The molecule has 8 heteroatoms. The molecule has 1 fully saturated rings. The van der Waals surface area contributed by atoms with E-state index >= 15 is 0 Å². The number of morpholine rings is 1. The first kappa shape index (κ1) is 19.0. The van der Waals surface area contributed by atoms with Crippen LogP contribution in [-0.2, 0) is 24.2 Å². The number of hydrogen-bond acceptors (Lipinski definition) is 5. The third-order valence-corrected chi connectivity index (χ3v) is 5.26. The number of fused-ring (bicyclic) bond motifs is 1. The van der Waals surface area contributed by atoms with E-state index in [0.29, 0.717) is 55.4 Å². The van der Waals surface area contributed by atoms with Crippen molar-refractivity contribution in [2.75, 3.05) is 24.5 Å². The van der Waals surface area contributed by atoms with Crippen molar-refractivity contribution in [1.29, 1.82) is 0 Å². The highest BCUT2D eigenvalue weighted by molar-refractivity contribution is 5.35. The van der Waals surface area contributed by atoms with E-state index < -0.39 is 11.6 Å². The van der Waals surface area contributed by atoms with Crippen molar-refractivity contribution in [3.8, 4) is 0 Å². The van der Waals surface area contributed by atoms with Gasteiger partial charge < -0.3 is 9.64 Å². The molecule has 0 radical (unpaired) electrons. The summed E-state index contributed by atoms with van der Waals surface area (Å²) in [5, 5.41) is 0. The van der Waals surface area contributed by atoms with Crippen molar-refractivity contribution < 1.29 is 13.5 Å². The van der Waals surface area contributed by atoms with Crippen LogP contribution < -0.4 is 10.5 Å². The number of H-pyrrole nitrogens is 1. The molecule has 3 heterocycles. The smallest absolute Gasteiger partial charge is 0.255 e. The van der Waals surface area contributed by atoms with Crippen molar-refractivity contribution in [1.82, 2.24) is 14.9 Å². The fourth-order valence-corrected chi connectivity index (χ4v) is 4.02. The first-order valence-corrected chi connectivity index (χ1v) is 9.58. The van der Waals surface area contributed by atoms with Gasteiger partial charge in [-0.05, 0) is 38.5 Å². The molecule has 1 aromatic heterocycles. The Kier molecular flexibility index (Phi) is 5.16. The third-order valence-electron chi connectivity index (χ3n) is 5.26. The van der Waals surface area contributed by atoms with Crippen LogP contribution in [0.2, 0.25) is 0 Å². The summed E-state index contributed by atoms with van der Waals surface area (Å²) < 4.78 is 33.2. The molecule has 0 bridgehead atoms. The molecule has 0 unspecified atom stereocenters. The van der Waals surface area contributed by atoms with E-state index in [1.54, 1.807) is 0 Å². The standard InChI is InChI=1S/C20H24F2N4O2/c1-12-8-26(9-13(2)28-12)20-23-18-11-25(6-5-16(18)19(27)24-20)10-14-7-15(21)3-4-17(14)22/h3-4,7,12-13H,5-6,8-11H2,1-2H3,(H,23,24,27)/t12-,13+. The topological polar surface area (TPSA) is 61.5 Å². The van der Waals surface area contributed by atoms with Gasteiger partial charge >= 0.3 is 0 Å². The zero-order valence-electron chi connectivity index (χ0n) is 16.0. The summed E-state index contributed by atoms with van der Waals surface area (Å²) in [6, 6.07) is 3.48. The summed E-state index contributed by atoms with van der Waals surface area (Å²) in [6.45, 7) is 6.60. The van der Waals surface area contributed by atoms with E-state index in [0.717, 1.165) is 12.1 Å². The lowest BCUT2D eigenvalue weighted by Gasteiger charge is -2.36. The predicted octanol–water partition coefficient (Wildman–Crippen LogP) is 2.22. The maximum atomic E-state index is 14.0. The van der Waals surface area contributed by atoms with Crippen molar-refractivity contribution >= 4 is 5.95 Å². The Morgan fingerprint density at radius 3 is 2.75 bits per heavy atom. The summed E-state index contributed by atoms with van der Waals surface area (Å²) in [4.78, 5) is 24.2. The zero-order chi connectivity index (χ0) is 19.8. The van der Waals surface area contributed by atoms with Crippen molar-refractivity contribution in [2.45, 2.75) is 45.6 Å². The van der Waals surface area contributed by atoms with Gasteiger partial charge in [0.15, 0.2) is 0 Å². The first-order valence-electron chi connectivity index (χ1n) is 9.58. The molecule has 4 rings (SSSR count). The molecule has 1 saturated heterocycles. The minimum atomic E-state index is -0.457. The number of ether oxygens (including phenoxy) is 1. The molecule has 2 aromatic rings. The minimum Gasteiger partial charge on any atom is -0.372 e. The second kappa shape index (κ2) is 7.60. The van der Waals surface area contributed by atoms with Gasteiger partial charge in [-0.3, -0.25) is 14.7 Å². The Balaban J connectivity index is 1.56. The molecule has 0 amide bonds. The molecule has 0 spiro atoms. The van der Waals surface area contributed by atoms with Crippen LogP contribution in [-0.4, -0.2) is 46.7 Å². The van der Waals surface area contributed by atoms with Gasteiger partial charge in [0, 0.05) is 43.9 Å². The number of anilines is 1. The minimum absolute atomic E-state index is 0.0533. The van der Waals surface area contributed by atoms with Gasteiger partial charge in [0.2, 0.25) is 5.95 Å². The summed E-state index contributed by atoms with van der Waals surface area (Å²) in [6.07, 6.45) is 0.639. The number of aromatic nitrogens is 2. The Morgan fingerprint density at radius 1 is 1.25 bits per heavy atom. The van der Waals surface area contributed by atoms with Crippen LogP contribution in [0.3, 0.4) is 0 Å². The number of aromatic amines is 1. The molecular weight excluding hydrogens is 366 g/mol. The fraction of sp³-hybridized carbons (Fsp3) is 0.500. The first-order chi connectivity index (χ1) is 13.4. The van der Waals surface area contributed by atoms with Crippen molar-refractivity contribution in [3.63, 3.8) is 0 Å². The average Bonchev–Trinajstić information content (AvgIpc) is 2.63. The van der Waals surface area contributed by atoms with Crippen LogP contribution >= 0.6 is 0 Å². The highest BCUT2D eigenvalue weighted by atomic mass is 19.1. The average molecular weight is 390 g/mol. The normalized spacial score (nSPS) is 22.9. The summed E-state index contributed by atoms with van der Waals surface area (Å²) >= 11 is 0. The molecule has 2 aliphatic rings. The monoisotopic (exact) mass is 390 g/mol.